The number of hydrogen-bond acceptors (Lipinski definition) is 11. The van der Waals surface area contributed by atoms with E-state index < -0.39 is 44.4 Å². The maximum absolute atomic E-state index is 13.0. The minimum Gasteiger partial charge on any atom is -0.497 e. The first-order chi connectivity index (χ1) is 34.9. The van der Waals surface area contributed by atoms with E-state index in [0.29, 0.717) is 34.4 Å². The van der Waals surface area contributed by atoms with Crippen LogP contribution in [0.25, 0.3) is 50.4 Å². The number of hydrogen-bond donors (Lipinski definition) is 3. The highest BCUT2D eigenvalue weighted by Crippen LogP contribution is 2.52. The lowest BCUT2D eigenvalue weighted by molar-refractivity contribution is -0.136. The van der Waals surface area contributed by atoms with Crippen LogP contribution in [0, 0.1) is 0 Å². The molecule has 19 heteroatoms. The monoisotopic (exact) mass is 1030 g/mol. The van der Waals surface area contributed by atoms with E-state index in [0.717, 1.165) is 110 Å². The zero-order chi connectivity index (χ0) is 52.1. The van der Waals surface area contributed by atoms with Gasteiger partial charge in [0.15, 0.2) is 6.23 Å². The lowest BCUT2D eigenvalue weighted by atomic mass is 9.81. The Morgan fingerprint density at radius 1 is 0.616 bits per heavy atom. The molecule has 4 aliphatic rings. The summed E-state index contributed by atoms with van der Waals surface area (Å²) < 4.78 is 75.0. The molecule has 0 spiro atoms. The summed E-state index contributed by atoms with van der Waals surface area (Å²) >= 11 is 0. The Bertz CT molecular complexity index is 3440. The molecule has 2 saturated carbocycles. The van der Waals surface area contributed by atoms with Crippen LogP contribution in [-0.2, 0) is 36.5 Å². The molecule has 2 aliphatic carbocycles. The maximum atomic E-state index is 13.0. The molecule has 0 saturated heterocycles. The van der Waals surface area contributed by atoms with E-state index in [4.69, 9.17) is 14.2 Å². The fourth-order valence-corrected chi connectivity index (χ4v) is 12.1. The number of benzene rings is 4. The minimum atomic E-state index is -3.96. The Kier molecular flexibility index (Phi) is 14.4. The van der Waals surface area contributed by atoms with Gasteiger partial charge in [-0.15, -0.1) is 0 Å². The molecule has 17 nitrogen and oxygen atoms in total. The van der Waals surface area contributed by atoms with Crippen LogP contribution in [0.4, 0.5) is 0 Å². The number of ether oxygens (including phenoxy) is 3. The number of aromatic nitrogens is 2. The molecular formula is C54H62N6O11S2. The van der Waals surface area contributed by atoms with Gasteiger partial charge < -0.3 is 28.5 Å². The van der Waals surface area contributed by atoms with E-state index >= 15 is 0 Å². The molecule has 73 heavy (non-hydrogen) atoms. The van der Waals surface area contributed by atoms with Crippen molar-refractivity contribution < 1.29 is 50.5 Å². The fraction of sp³-hybridized carbons (Fsp3) is 0.389. The lowest BCUT2D eigenvalue weighted by Crippen LogP contribution is -2.39. The normalized spacial score (nSPS) is 16.9. The Labute approximate surface area is 426 Å². The van der Waals surface area contributed by atoms with Crippen molar-refractivity contribution in [1.29, 1.82) is 0 Å². The molecule has 4 aromatic carbocycles. The molecule has 1 unspecified atom stereocenters. The number of aliphatic hydroxyl groups excluding tert-OH is 1. The lowest BCUT2D eigenvalue weighted by Gasteiger charge is -2.24. The average molecular weight is 1040 g/mol. The van der Waals surface area contributed by atoms with Crippen molar-refractivity contribution in [3.8, 4) is 34.0 Å². The van der Waals surface area contributed by atoms with Gasteiger partial charge in [0.1, 0.15) is 11.5 Å². The molecule has 2 aliphatic heterocycles. The van der Waals surface area contributed by atoms with E-state index in [2.05, 4.69) is 14.0 Å². The second kappa shape index (κ2) is 20.4. The first kappa shape index (κ1) is 51.4. The quantitative estimate of drug-likeness (QED) is 0.105. The van der Waals surface area contributed by atoms with Crippen LogP contribution in [0.3, 0.4) is 0 Å². The number of nitrogens with one attached hydrogen (secondary N) is 2. The van der Waals surface area contributed by atoms with Crippen molar-refractivity contribution in [3.63, 3.8) is 0 Å². The fourth-order valence-electron chi connectivity index (χ4n) is 11.0. The van der Waals surface area contributed by atoms with Crippen molar-refractivity contribution in [2.24, 2.45) is 0 Å². The second-order valence-electron chi connectivity index (χ2n) is 19.5. The molecule has 4 heterocycles. The van der Waals surface area contributed by atoms with Gasteiger partial charge in [-0.2, -0.15) is 25.4 Å². The van der Waals surface area contributed by atoms with E-state index in [1.165, 1.54) is 59.3 Å². The summed E-state index contributed by atoms with van der Waals surface area (Å²) in [5.41, 5.74) is 10.3. The molecule has 10 rings (SSSR count). The summed E-state index contributed by atoms with van der Waals surface area (Å²) in [6.07, 6.45) is 12.2. The van der Waals surface area contributed by atoms with E-state index in [1.54, 1.807) is 38.5 Å². The third-order valence-corrected chi connectivity index (χ3v) is 17.6. The zero-order valence-electron chi connectivity index (χ0n) is 42.2. The number of carbonyl (C=O) groups excluding carboxylic acids is 3. The molecule has 2 amide bonds. The predicted octanol–water partition coefficient (Wildman–Crippen LogP) is 8.22. The molecular weight excluding hydrogens is 973 g/mol. The summed E-state index contributed by atoms with van der Waals surface area (Å²) in [5.74, 6) is 0.158. The van der Waals surface area contributed by atoms with Gasteiger partial charge in [0, 0.05) is 72.3 Å². The van der Waals surface area contributed by atoms with Gasteiger partial charge in [-0.25, -0.2) is 14.2 Å². The first-order valence-electron chi connectivity index (χ1n) is 24.5. The van der Waals surface area contributed by atoms with Crippen molar-refractivity contribution in [2.45, 2.75) is 88.8 Å². The summed E-state index contributed by atoms with van der Waals surface area (Å²) in [5, 5.41) is 13.3. The molecule has 0 radical (unpaired) electrons. The van der Waals surface area contributed by atoms with Crippen LogP contribution in [-0.4, -0.2) is 107 Å². The minimum absolute atomic E-state index is 0.214. The third-order valence-electron chi connectivity index (χ3n) is 14.8. The number of carbonyl (C=O) groups is 3. The van der Waals surface area contributed by atoms with Gasteiger partial charge in [-0.3, -0.25) is 9.59 Å². The number of fused-ring (bicyclic) bond motifs is 10. The van der Waals surface area contributed by atoms with Crippen molar-refractivity contribution in [3.05, 3.63) is 112 Å². The van der Waals surface area contributed by atoms with Gasteiger partial charge in [0.25, 0.3) is 11.8 Å². The standard InChI is InChI=1S/C29H33N3O6S.C25H29N3O5S/c1-31(2)39(35,36)30-28(33)19-10-12-24-25(16-19)32-17-21(29(34)38-4)14-20-15-22(37-3)11-13-23(20)27(32)26(24)18-8-6-5-7-9-18;1-27(2)34(31,32)26-24(29)16-9-11-19-21(13-16)28-23(22(19)15-7-5-4-6-8-15)18-12-10-17(33-3)14-20(18)25(28)30/h10-16,18H,5-9,17H2,1-4H3,(H,30,33);9-15,25,30H,4-8H2,1-3H3,(H,26,29). The number of methoxy groups -OCH3 is 3. The van der Waals surface area contributed by atoms with Gasteiger partial charge in [0.2, 0.25) is 0 Å². The highest BCUT2D eigenvalue weighted by atomic mass is 32.2. The summed E-state index contributed by atoms with van der Waals surface area (Å²) in [4.78, 5) is 38.7. The summed E-state index contributed by atoms with van der Waals surface area (Å²) in [6.45, 7) is 0.239. The van der Waals surface area contributed by atoms with Crippen molar-refractivity contribution >= 4 is 66.1 Å². The highest BCUT2D eigenvalue weighted by Gasteiger charge is 2.37. The molecule has 2 fully saturated rings. The first-order valence-corrected chi connectivity index (χ1v) is 27.4. The van der Waals surface area contributed by atoms with Gasteiger partial charge >= 0.3 is 26.4 Å². The van der Waals surface area contributed by atoms with Crippen LogP contribution < -0.4 is 18.9 Å². The summed E-state index contributed by atoms with van der Waals surface area (Å²) in [7, 11) is 2.11. The Morgan fingerprint density at radius 2 is 1.11 bits per heavy atom. The average Bonchev–Trinajstić information content (AvgIpc) is 3.95. The van der Waals surface area contributed by atoms with Gasteiger partial charge in [-0.05, 0) is 121 Å². The van der Waals surface area contributed by atoms with E-state index in [1.807, 2.05) is 59.2 Å². The topological polar surface area (TPSA) is 208 Å². The highest BCUT2D eigenvalue weighted by molar-refractivity contribution is 7.88. The number of rotatable bonds is 11. The number of aliphatic hydroxyl groups is 1. The van der Waals surface area contributed by atoms with E-state index in [9.17, 15) is 36.3 Å². The Hall–Kier alpha value is -6.51. The maximum Gasteiger partial charge on any atom is 0.335 e. The smallest absolute Gasteiger partial charge is 0.335 e. The predicted molar refractivity (Wildman–Crippen MR) is 280 cm³/mol. The molecule has 1 atom stereocenters. The Balaban J connectivity index is 0.000000181. The Morgan fingerprint density at radius 3 is 1.63 bits per heavy atom. The second-order valence-corrected chi connectivity index (χ2v) is 23.3. The van der Waals surface area contributed by atoms with Crippen LogP contribution in [0.15, 0.2) is 78.4 Å². The van der Waals surface area contributed by atoms with Crippen LogP contribution in [0.1, 0.15) is 125 Å². The van der Waals surface area contributed by atoms with Crippen LogP contribution >= 0.6 is 0 Å². The molecule has 2 aromatic heterocycles. The molecule has 3 N–H and O–H groups in total. The van der Waals surface area contributed by atoms with Crippen LogP contribution in [0.5, 0.6) is 11.5 Å². The van der Waals surface area contributed by atoms with Gasteiger partial charge in [0.05, 0.1) is 50.4 Å². The molecule has 386 valence electrons. The number of amides is 2. The van der Waals surface area contributed by atoms with Gasteiger partial charge in [-0.1, -0.05) is 50.7 Å². The summed E-state index contributed by atoms with van der Waals surface area (Å²) in [6, 6.07) is 22.1. The van der Waals surface area contributed by atoms with E-state index in [-0.39, 0.29) is 17.7 Å². The SMILES string of the molecule is COC(=O)C1=Cc2cc(OC)ccc2-c2c(C3CCCCC3)c3ccc(C(=O)NS(=O)(=O)N(C)C)cc3n2C1.COc1ccc2c(c1)C(O)n1c-2c(C2CCCCC2)c2ccc(C(=O)NS(=O)(=O)N(C)C)cc21. The molecule has 6 aromatic rings. The zero-order valence-corrected chi connectivity index (χ0v) is 43.8. The largest absolute Gasteiger partial charge is 0.497 e. The van der Waals surface area contributed by atoms with Crippen molar-refractivity contribution in [2.75, 3.05) is 49.5 Å². The number of nitrogens with zero attached hydrogens (tertiary/aromatic N) is 4. The van der Waals surface area contributed by atoms with Crippen LogP contribution in [0.2, 0.25) is 0 Å². The van der Waals surface area contributed by atoms with Crippen molar-refractivity contribution in [1.82, 2.24) is 27.2 Å². The molecule has 0 bridgehead atoms. The third kappa shape index (κ3) is 9.64. The number of esters is 1.